The number of nitrogens with zero attached hydrogens (tertiary/aromatic N) is 2. The minimum atomic E-state index is -0.000932. The number of pyridine rings is 1. The second-order valence-corrected chi connectivity index (χ2v) is 5.74. The van der Waals surface area contributed by atoms with Crippen molar-refractivity contribution in [3.8, 4) is 0 Å². The molecule has 1 aromatic rings. The number of nitrogens with one attached hydrogen (secondary N) is 1. The van der Waals surface area contributed by atoms with E-state index in [1.165, 1.54) is 0 Å². The Morgan fingerprint density at radius 2 is 2.26 bits per heavy atom. The lowest BCUT2D eigenvalue weighted by Crippen LogP contribution is -2.43. The Morgan fingerprint density at radius 1 is 1.58 bits per heavy atom. The van der Waals surface area contributed by atoms with E-state index in [2.05, 4.69) is 31.1 Å². The number of amides is 1. The Morgan fingerprint density at radius 3 is 2.89 bits per heavy atom. The van der Waals surface area contributed by atoms with Crippen molar-refractivity contribution in [2.24, 2.45) is 5.73 Å². The summed E-state index contributed by atoms with van der Waals surface area (Å²) in [6.07, 6.45) is 3.58. The fourth-order valence-electron chi connectivity index (χ4n) is 2.14. The van der Waals surface area contributed by atoms with Crippen LogP contribution >= 0.6 is 15.9 Å². The van der Waals surface area contributed by atoms with Crippen LogP contribution in [-0.4, -0.2) is 41.5 Å². The van der Waals surface area contributed by atoms with E-state index in [-0.39, 0.29) is 11.9 Å². The molecule has 2 rings (SSSR count). The topological polar surface area (TPSA) is 71.2 Å². The third-order valence-corrected chi connectivity index (χ3v) is 4.13. The number of hydrogen-bond acceptors (Lipinski definition) is 4. The second-order valence-electron chi connectivity index (χ2n) is 4.99. The maximum atomic E-state index is 11.9. The molecule has 1 aromatic heterocycles. The minimum absolute atomic E-state index is 0.000932. The van der Waals surface area contributed by atoms with Crippen molar-refractivity contribution in [3.63, 3.8) is 0 Å². The summed E-state index contributed by atoms with van der Waals surface area (Å²) in [5.74, 6) is -0.000932. The van der Waals surface area contributed by atoms with Crippen LogP contribution in [0.3, 0.4) is 0 Å². The predicted octanol–water partition coefficient (Wildman–Crippen LogP) is 1.51. The number of aryl methyl sites for hydroxylation is 1. The lowest BCUT2D eigenvalue weighted by Gasteiger charge is -2.29. The van der Waals surface area contributed by atoms with E-state index in [0.29, 0.717) is 6.54 Å². The molecule has 0 saturated carbocycles. The van der Waals surface area contributed by atoms with Crippen LogP contribution in [-0.2, 0) is 4.79 Å². The summed E-state index contributed by atoms with van der Waals surface area (Å²) in [5.41, 5.74) is 7.58. The molecule has 2 heterocycles. The van der Waals surface area contributed by atoms with Gasteiger partial charge in [-0.2, -0.15) is 0 Å². The van der Waals surface area contributed by atoms with Crippen LogP contribution in [0, 0.1) is 6.92 Å². The number of piperidine rings is 1. The molecule has 1 saturated heterocycles. The normalized spacial score (nSPS) is 17.4. The van der Waals surface area contributed by atoms with Gasteiger partial charge in [-0.15, -0.1) is 0 Å². The largest absolute Gasteiger partial charge is 0.328 e. The van der Waals surface area contributed by atoms with E-state index in [9.17, 15) is 4.79 Å². The van der Waals surface area contributed by atoms with Crippen LogP contribution in [0.15, 0.2) is 16.9 Å². The van der Waals surface area contributed by atoms with Crippen LogP contribution in [0.5, 0.6) is 0 Å². The number of aromatic nitrogens is 1. The molecular weight excluding hydrogens is 308 g/mol. The zero-order chi connectivity index (χ0) is 13.8. The Hall–Kier alpha value is -0.980. The third kappa shape index (κ3) is 4.26. The molecule has 0 aliphatic carbocycles. The van der Waals surface area contributed by atoms with Crippen molar-refractivity contribution in [2.45, 2.75) is 25.8 Å². The predicted molar refractivity (Wildman–Crippen MR) is 79.0 cm³/mol. The first-order valence-electron chi connectivity index (χ1n) is 6.44. The van der Waals surface area contributed by atoms with Gasteiger partial charge in [0.15, 0.2) is 0 Å². The molecule has 0 unspecified atom stereocenters. The zero-order valence-corrected chi connectivity index (χ0v) is 12.6. The first kappa shape index (κ1) is 14.4. The molecule has 0 bridgehead atoms. The molecule has 5 nitrogen and oxygen atoms in total. The minimum Gasteiger partial charge on any atom is -0.328 e. The van der Waals surface area contributed by atoms with Crippen molar-refractivity contribution in [1.29, 1.82) is 0 Å². The van der Waals surface area contributed by atoms with Gasteiger partial charge in [0.05, 0.1) is 18.4 Å². The average Bonchev–Trinajstić information content (AvgIpc) is 2.37. The molecule has 0 spiro atoms. The van der Waals surface area contributed by atoms with Crippen molar-refractivity contribution >= 4 is 27.5 Å². The van der Waals surface area contributed by atoms with Crippen LogP contribution in [0.1, 0.15) is 18.4 Å². The standard InChI is InChI=1S/C13H19BrN4O/c1-9-6-11(7-16-13(9)14)17-12(19)8-18-4-2-10(15)3-5-18/h6-7,10H,2-5,8,15H2,1H3,(H,17,19). The second kappa shape index (κ2) is 6.45. The number of carbonyl (C=O) groups is 1. The Labute approximate surface area is 121 Å². The molecule has 6 heteroatoms. The van der Waals surface area contributed by atoms with Crippen LogP contribution in [0.2, 0.25) is 0 Å². The summed E-state index contributed by atoms with van der Waals surface area (Å²) < 4.78 is 0.801. The maximum absolute atomic E-state index is 11.9. The van der Waals surface area contributed by atoms with Gasteiger partial charge in [-0.3, -0.25) is 9.69 Å². The number of carbonyl (C=O) groups excluding carboxylic acids is 1. The average molecular weight is 327 g/mol. The molecule has 0 atom stereocenters. The number of halogens is 1. The van der Waals surface area contributed by atoms with E-state index in [1.807, 2.05) is 13.0 Å². The lowest BCUT2D eigenvalue weighted by molar-refractivity contribution is -0.117. The van der Waals surface area contributed by atoms with Crippen molar-refractivity contribution in [2.75, 3.05) is 25.0 Å². The molecule has 1 amide bonds. The fraction of sp³-hybridized carbons (Fsp3) is 0.538. The molecule has 104 valence electrons. The highest BCUT2D eigenvalue weighted by Gasteiger charge is 2.18. The third-order valence-electron chi connectivity index (χ3n) is 3.30. The van der Waals surface area contributed by atoms with Crippen molar-refractivity contribution in [1.82, 2.24) is 9.88 Å². The fourth-order valence-corrected chi connectivity index (χ4v) is 2.36. The highest BCUT2D eigenvalue weighted by molar-refractivity contribution is 9.10. The number of anilines is 1. The van der Waals surface area contributed by atoms with Gasteiger partial charge in [0.2, 0.25) is 5.91 Å². The van der Waals surface area contributed by atoms with E-state index in [0.717, 1.165) is 41.8 Å². The van der Waals surface area contributed by atoms with Gasteiger partial charge >= 0.3 is 0 Å². The van der Waals surface area contributed by atoms with Gasteiger partial charge in [-0.05, 0) is 47.3 Å². The number of rotatable bonds is 3. The van der Waals surface area contributed by atoms with Crippen LogP contribution < -0.4 is 11.1 Å². The molecular formula is C13H19BrN4O. The Bertz CT molecular complexity index is 458. The van der Waals surface area contributed by atoms with Gasteiger partial charge < -0.3 is 11.1 Å². The SMILES string of the molecule is Cc1cc(NC(=O)CN2CCC(N)CC2)cnc1Br. The summed E-state index contributed by atoms with van der Waals surface area (Å²) in [7, 11) is 0. The van der Waals surface area contributed by atoms with E-state index in [4.69, 9.17) is 5.73 Å². The monoisotopic (exact) mass is 326 g/mol. The molecule has 19 heavy (non-hydrogen) atoms. The molecule has 0 aromatic carbocycles. The van der Waals surface area contributed by atoms with Crippen LogP contribution in [0.4, 0.5) is 5.69 Å². The molecule has 1 aliphatic rings. The summed E-state index contributed by atoms with van der Waals surface area (Å²) in [4.78, 5) is 18.2. The zero-order valence-electron chi connectivity index (χ0n) is 11.0. The van der Waals surface area contributed by atoms with Crippen molar-refractivity contribution in [3.05, 3.63) is 22.4 Å². The Balaban J connectivity index is 1.85. The van der Waals surface area contributed by atoms with Gasteiger partial charge in [0.25, 0.3) is 0 Å². The quantitative estimate of drug-likeness (QED) is 0.826. The number of likely N-dealkylation sites (tertiary alicyclic amines) is 1. The Kier molecular flexibility index (Phi) is 4.90. The van der Waals surface area contributed by atoms with Crippen molar-refractivity contribution < 1.29 is 4.79 Å². The first-order chi connectivity index (χ1) is 9.04. The van der Waals surface area contributed by atoms with E-state index < -0.39 is 0 Å². The molecule has 1 fully saturated rings. The number of hydrogen-bond donors (Lipinski definition) is 2. The van der Waals surface area contributed by atoms with Crippen LogP contribution in [0.25, 0.3) is 0 Å². The summed E-state index contributed by atoms with van der Waals surface area (Å²) in [6, 6.07) is 2.19. The molecule has 3 N–H and O–H groups in total. The van der Waals surface area contributed by atoms with E-state index in [1.54, 1.807) is 6.20 Å². The highest BCUT2D eigenvalue weighted by atomic mass is 79.9. The van der Waals surface area contributed by atoms with Gasteiger partial charge in [0, 0.05) is 19.1 Å². The highest BCUT2D eigenvalue weighted by Crippen LogP contribution is 2.16. The lowest BCUT2D eigenvalue weighted by atomic mass is 10.1. The van der Waals surface area contributed by atoms with Gasteiger partial charge in [-0.25, -0.2) is 4.98 Å². The maximum Gasteiger partial charge on any atom is 0.238 e. The van der Waals surface area contributed by atoms with Gasteiger partial charge in [-0.1, -0.05) is 0 Å². The molecule has 1 aliphatic heterocycles. The summed E-state index contributed by atoms with van der Waals surface area (Å²) in [5, 5.41) is 2.87. The summed E-state index contributed by atoms with van der Waals surface area (Å²) in [6.45, 7) is 4.15. The van der Waals surface area contributed by atoms with E-state index >= 15 is 0 Å². The smallest absolute Gasteiger partial charge is 0.238 e. The molecule has 0 radical (unpaired) electrons. The summed E-state index contributed by atoms with van der Waals surface area (Å²) >= 11 is 3.34. The van der Waals surface area contributed by atoms with Gasteiger partial charge in [0.1, 0.15) is 4.60 Å². The number of nitrogens with two attached hydrogens (primary N) is 1. The first-order valence-corrected chi connectivity index (χ1v) is 7.24.